The molecule has 1 rings (SSSR count). The predicted octanol–water partition coefficient (Wildman–Crippen LogP) is 2.98. The summed E-state index contributed by atoms with van der Waals surface area (Å²) in [7, 11) is 0. The van der Waals surface area contributed by atoms with Gasteiger partial charge in [-0.15, -0.1) is 0 Å². The van der Waals surface area contributed by atoms with Crippen molar-refractivity contribution in [2.45, 2.75) is 12.8 Å². The van der Waals surface area contributed by atoms with Gasteiger partial charge in [0.1, 0.15) is 0 Å². The van der Waals surface area contributed by atoms with Gasteiger partial charge in [-0.3, -0.25) is 0 Å². The number of aliphatic hydroxyl groups excluding tert-OH is 1. The summed E-state index contributed by atoms with van der Waals surface area (Å²) in [6.45, 7) is 1.16. The van der Waals surface area contributed by atoms with Crippen molar-refractivity contribution in [1.82, 2.24) is 4.90 Å². The molecule has 0 aliphatic carbocycles. The van der Waals surface area contributed by atoms with Crippen LogP contribution in [0.25, 0.3) is 0 Å². The van der Waals surface area contributed by atoms with Gasteiger partial charge in [-0.2, -0.15) is 11.8 Å². The minimum absolute atomic E-state index is 0.169. The first kappa shape index (κ1) is 17.1. The van der Waals surface area contributed by atoms with E-state index >= 15 is 0 Å². The minimum atomic E-state index is -0.890. The maximum atomic E-state index is 11.2. The average Bonchev–Trinajstić information content (AvgIpc) is 2.41. The zero-order chi connectivity index (χ0) is 14.8. The summed E-state index contributed by atoms with van der Waals surface area (Å²) in [5.41, 5.74) is 1.04. The molecule has 0 atom stereocenters. The number of benzene rings is 1. The highest BCUT2D eigenvalue weighted by atomic mass is 35.5. The van der Waals surface area contributed by atoms with Gasteiger partial charge in [-0.1, -0.05) is 23.7 Å². The van der Waals surface area contributed by atoms with Gasteiger partial charge in [0.15, 0.2) is 0 Å². The number of halogens is 1. The molecule has 0 saturated heterocycles. The van der Waals surface area contributed by atoms with E-state index in [0.29, 0.717) is 30.3 Å². The SMILES string of the molecule is O=C(O)N(CCCSCCO)CCc1cccc(Cl)c1. The summed E-state index contributed by atoms with van der Waals surface area (Å²) in [6.07, 6.45) is 0.572. The lowest BCUT2D eigenvalue weighted by Crippen LogP contribution is -2.32. The van der Waals surface area contributed by atoms with Crippen LogP contribution in [0.4, 0.5) is 4.79 Å². The zero-order valence-corrected chi connectivity index (χ0v) is 12.9. The van der Waals surface area contributed by atoms with Crippen molar-refractivity contribution in [1.29, 1.82) is 0 Å². The van der Waals surface area contributed by atoms with Crippen LogP contribution >= 0.6 is 23.4 Å². The van der Waals surface area contributed by atoms with E-state index in [4.69, 9.17) is 21.8 Å². The van der Waals surface area contributed by atoms with E-state index < -0.39 is 6.09 Å². The third-order valence-corrected chi connectivity index (χ3v) is 4.07. The summed E-state index contributed by atoms with van der Waals surface area (Å²) in [6, 6.07) is 7.48. The fourth-order valence-electron chi connectivity index (χ4n) is 1.78. The fraction of sp³-hybridized carbons (Fsp3) is 0.500. The molecule has 0 heterocycles. The Morgan fingerprint density at radius 2 is 2.10 bits per heavy atom. The highest BCUT2D eigenvalue weighted by Gasteiger charge is 2.11. The molecule has 0 aliphatic rings. The van der Waals surface area contributed by atoms with Gasteiger partial charge in [0.05, 0.1) is 6.61 Å². The zero-order valence-electron chi connectivity index (χ0n) is 11.3. The average molecular weight is 318 g/mol. The molecule has 2 N–H and O–H groups in total. The quantitative estimate of drug-likeness (QED) is 0.687. The molecule has 20 heavy (non-hydrogen) atoms. The first-order chi connectivity index (χ1) is 9.63. The normalized spacial score (nSPS) is 10.5. The van der Waals surface area contributed by atoms with Crippen LogP contribution in [0.1, 0.15) is 12.0 Å². The number of thioether (sulfide) groups is 1. The van der Waals surface area contributed by atoms with Crippen LogP contribution in [0.2, 0.25) is 5.02 Å². The van der Waals surface area contributed by atoms with Crippen LogP contribution in [0.15, 0.2) is 24.3 Å². The van der Waals surface area contributed by atoms with Crippen LogP contribution in [0.3, 0.4) is 0 Å². The Morgan fingerprint density at radius 3 is 2.75 bits per heavy atom. The van der Waals surface area contributed by atoms with Crippen LogP contribution in [-0.2, 0) is 6.42 Å². The fourth-order valence-corrected chi connectivity index (χ4v) is 2.66. The Morgan fingerprint density at radius 1 is 1.30 bits per heavy atom. The van der Waals surface area contributed by atoms with Crippen molar-refractivity contribution in [3.05, 3.63) is 34.9 Å². The lowest BCUT2D eigenvalue weighted by molar-refractivity contribution is 0.146. The monoisotopic (exact) mass is 317 g/mol. The van der Waals surface area contributed by atoms with Crippen molar-refractivity contribution < 1.29 is 15.0 Å². The van der Waals surface area contributed by atoms with Crippen molar-refractivity contribution in [3.63, 3.8) is 0 Å². The number of aliphatic hydroxyl groups is 1. The maximum Gasteiger partial charge on any atom is 0.407 e. The summed E-state index contributed by atoms with van der Waals surface area (Å²) < 4.78 is 0. The van der Waals surface area contributed by atoms with Crippen LogP contribution in [-0.4, -0.2) is 52.4 Å². The highest BCUT2D eigenvalue weighted by molar-refractivity contribution is 7.99. The van der Waals surface area contributed by atoms with Gasteiger partial charge < -0.3 is 15.1 Å². The van der Waals surface area contributed by atoms with E-state index in [1.807, 2.05) is 18.2 Å². The molecule has 1 amide bonds. The summed E-state index contributed by atoms with van der Waals surface area (Å²) in [4.78, 5) is 12.6. The number of amides is 1. The highest BCUT2D eigenvalue weighted by Crippen LogP contribution is 2.12. The predicted molar refractivity (Wildman–Crippen MR) is 83.8 cm³/mol. The molecule has 0 aliphatic heterocycles. The van der Waals surface area contributed by atoms with Gasteiger partial charge in [0, 0.05) is 23.9 Å². The number of carbonyl (C=O) groups is 1. The molecule has 0 unspecified atom stereocenters. The van der Waals surface area contributed by atoms with Crippen molar-refractivity contribution in [2.75, 3.05) is 31.2 Å². The molecule has 6 heteroatoms. The molecule has 0 saturated carbocycles. The van der Waals surface area contributed by atoms with Gasteiger partial charge in [-0.05, 0) is 36.3 Å². The van der Waals surface area contributed by atoms with E-state index in [1.165, 1.54) is 4.90 Å². The van der Waals surface area contributed by atoms with Crippen molar-refractivity contribution in [3.8, 4) is 0 Å². The number of carboxylic acid groups (broad SMARTS) is 1. The Kier molecular flexibility index (Phi) is 8.49. The Balaban J connectivity index is 2.33. The molecule has 0 bridgehead atoms. The van der Waals surface area contributed by atoms with Gasteiger partial charge in [0.2, 0.25) is 0 Å². The van der Waals surface area contributed by atoms with Gasteiger partial charge in [0.25, 0.3) is 0 Å². The molecular weight excluding hydrogens is 298 g/mol. The number of hydrogen-bond acceptors (Lipinski definition) is 3. The summed E-state index contributed by atoms with van der Waals surface area (Å²) in [5.74, 6) is 1.57. The standard InChI is InChI=1S/C14H20ClNO3S/c15-13-4-1-3-12(11-13)5-7-16(14(18)19)6-2-9-20-10-8-17/h1,3-4,11,17H,2,5-10H2,(H,18,19). The molecule has 1 aromatic carbocycles. The van der Waals surface area contributed by atoms with Crippen molar-refractivity contribution in [2.24, 2.45) is 0 Å². The second-order valence-corrected chi connectivity index (χ2v) is 6.00. The van der Waals surface area contributed by atoms with Crippen LogP contribution in [0, 0.1) is 0 Å². The first-order valence-electron chi connectivity index (χ1n) is 6.54. The smallest absolute Gasteiger partial charge is 0.407 e. The number of rotatable bonds is 9. The molecule has 0 aromatic heterocycles. The van der Waals surface area contributed by atoms with Gasteiger partial charge >= 0.3 is 6.09 Å². The van der Waals surface area contributed by atoms with E-state index in [9.17, 15) is 4.79 Å². The second-order valence-electron chi connectivity index (χ2n) is 4.34. The minimum Gasteiger partial charge on any atom is -0.465 e. The number of hydrogen-bond donors (Lipinski definition) is 2. The van der Waals surface area contributed by atoms with E-state index in [-0.39, 0.29) is 6.61 Å². The lowest BCUT2D eigenvalue weighted by atomic mass is 10.1. The molecule has 1 aromatic rings. The molecule has 0 fully saturated rings. The molecule has 0 radical (unpaired) electrons. The third-order valence-electron chi connectivity index (χ3n) is 2.78. The second kappa shape index (κ2) is 9.91. The summed E-state index contributed by atoms with van der Waals surface area (Å²) >= 11 is 7.54. The topological polar surface area (TPSA) is 60.8 Å². The molecule has 0 spiro atoms. The van der Waals surface area contributed by atoms with E-state index in [1.54, 1.807) is 17.8 Å². The Bertz CT molecular complexity index is 417. The molecular formula is C14H20ClNO3S. The molecule has 112 valence electrons. The van der Waals surface area contributed by atoms with E-state index in [0.717, 1.165) is 17.7 Å². The summed E-state index contributed by atoms with van der Waals surface area (Å²) in [5, 5.41) is 18.5. The molecule has 4 nitrogen and oxygen atoms in total. The van der Waals surface area contributed by atoms with Crippen molar-refractivity contribution >= 4 is 29.5 Å². The lowest BCUT2D eigenvalue weighted by Gasteiger charge is -2.19. The van der Waals surface area contributed by atoms with Gasteiger partial charge in [-0.25, -0.2) is 4.79 Å². The van der Waals surface area contributed by atoms with Crippen LogP contribution in [0.5, 0.6) is 0 Å². The van der Waals surface area contributed by atoms with Crippen LogP contribution < -0.4 is 0 Å². The first-order valence-corrected chi connectivity index (χ1v) is 8.07. The Hall–Kier alpha value is -0.910. The number of nitrogens with zero attached hydrogens (tertiary/aromatic N) is 1. The van der Waals surface area contributed by atoms with E-state index in [2.05, 4.69) is 0 Å². The maximum absolute atomic E-state index is 11.2. The largest absolute Gasteiger partial charge is 0.465 e. The Labute approximate surface area is 128 Å². The third kappa shape index (κ3) is 7.03.